The Bertz CT molecular complexity index is 714. The Balaban J connectivity index is 1.79. The molecule has 1 fully saturated rings. The first kappa shape index (κ1) is 23.8. The first-order valence-corrected chi connectivity index (χ1v) is 11.1. The van der Waals surface area contributed by atoms with E-state index in [4.69, 9.17) is 4.74 Å². The van der Waals surface area contributed by atoms with Crippen LogP contribution in [0.1, 0.15) is 59.8 Å². The Morgan fingerprint density at radius 2 is 1.90 bits per heavy atom. The number of hydrogen-bond donors (Lipinski definition) is 2. The highest BCUT2D eigenvalue weighted by molar-refractivity contribution is 5.96. The molecule has 1 heterocycles. The second-order valence-electron chi connectivity index (χ2n) is 8.84. The number of amides is 2. The number of nitrogens with zero attached hydrogens (tertiary/aromatic N) is 1. The lowest BCUT2D eigenvalue weighted by molar-refractivity contribution is -0.117. The highest BCUT2D eigenvalue weighted by Gasteiger charge is 2.30. The summed E-state index contributed by atoms with van der Waals surface area (Å²) in [6, 6.07) is -0.0652. The normalized spacial score (nSPS) is 24.5. The van der Waals surface area contributed by atoms with Crippen molar-refractivity contribution < 1.29 is 14.3 Å². The second kappa shape index (κ2) is 11.6. The number of hydrogen-bond acceptors (Lipinski definition) is 4. The molecule has 166 valence electrons. The molecule has 1 aliphatic carbocycles. The van der Waals surface area contributed by atoms with Gasteiger partial charge in [-0.05, 0) is 57.9 Å². The smallest absolute Gasteiger partial charge is 0.410 e. The minimum absolute atomic E-state index is 0.0652. The van der Waals surface area contributed by atoms with Crippen molar-refractivity contribution in [3.05, 3.63) is 47.7 Å². The molecule has 0 unspecified atom stereocenters. The van der Waals surface area contributed by atoms with Gasteiger partial charge < -0.3 is 20.3 Å². The Morgan fingerprint density at radius 3 is 2.63 bits per heavy atom. The van der Waals surface area contributed by atoms with E-state index in [0.29, 0.717) is 18.7 Å². The lowest BCUT2D eigenvalue weighted by Gasteiger charge is -2.24. The SMILES string of the molecule is CCCCCCNC1=C/C=C\C(C(=O)N[C@@H]2CCN(C(=O)OC(C)(C)C)C2)=C/C=C\1. The average molecular weight is 416 g/mol. The summed E-state index contributed by atoms with van der Waals surface area (Å²) in [7, 11) is 0. The zero-order valence-corrected chi connectivity index (χ0v) is 18.9. The predicted molar refractivity (Wildman–Crippen MR) is 121 cm³/mol. The molecule has 0 aromatic carbocycles. The lowest BCUT2D eigenvalue weighted by atomic mass is 10.1. The Morgan fingerprint density at radius 1 is 1.13 bits per heavy atom. The highest BCUT2D eigenvalue weighted by Crippen LogP contribution is 2.16. The van der Waals surface area contributed by atoms with Crippen LogP contribution in [-0.2, 0) is 9.53 Å². The molecule has 30 heavy (non-hydrogen) atoms. The third-order valence-electron chi connectivity index (χ3n) is 4.90. The van der Waals surface area contributed by atoms with Crippen LogP contribution >= 0.6 is 0 Å². The number of likely N-dealkylation sites (tertiary alicyclic amines) is 1. The van der Waals surface area contributed by atoms with E-state index in [1.807, 2.05) is 57.2 Å². The summed E-state index contributed by atoms with van der Waals surface area (Å²) in [5, 5.41) is 6.46. The first-order chi connectivity index (χ1) is 14.3. The number of ether oxygens (including phenoxy) is 1. The zero-order valence-electron chi connectivity index (χ0n) is 18.9. The topological polar surface area (TPSA) is 70.7 Å². The maximum absolute atomic E-state index is 12.6. The van der Waals surface area contributed by atoms with Crippen LogP contribution in [0.15, 0.2) is 47.7 Å². The molecule has 2 N–H and O–H groups in total. The molecular weight excluding hydrogens is 378 g/mol. The maximum atomic E-state index is 12.6. The van der Waals surface area contributed by atoms with E-state index < -0.39 is 5.60 Å². The van der Waals surface area contributed by atoms with Gasteiger partial charge >= 0.3 is 6.09 Å². The van der Waals surface area contributed by atoms with Gasteiger partial charge in [0.2, 0.25) is 0 Å². The molecule has 0 bridgehead atoms. The van der Waals surface area contributed by atoms with Crippen LogP contribution in [0.3, 0.4) is 0 Å². The van der Waals surface area contributed by atoms with Gasteiger partial charge in [-0.15, -0.1) is 0 Å². The standard InChI is InChI=1S/C24H37N3O3/c1-5-6-7-8-16-25-20-13-9-11-19(12-10-14-20)22(28)26-21-15-17-27(18-21)23(29)30-24(2,3)4/h9-14,21,25H,5-8,15-18H2,1-4H3,(H,26,28)/b11-9-,12-10?,13-9?,14-10-,19-11?,19-12+,20-13+,20-14?/t21-/m1/s1. The van der Waals surface area contributed by atoms with Gasteiger partial charge in [-0.2, -0.15) is 0 Å². The first-order valence-electron chi connectivity index (χ1n) is 11.1. The fourth-order valence-electron chi connectivity index (χ4n) is 3.31. The molecule has 1 saturated heterocycles. The van der Waals surface area contributed by atoms with Crippen LogP contribution in [0.25, 0.3) is 0 Å². The van der Waals surface area contributed by atoms with Crippen LogP contribution in [-0.4, -0.2) is 48.2 Å². The van der Waals surface area contributed by atoms with Gasteiger partial charge in [-0.1, -0.05) is 38.3 Å². The van der Waals surface area contributed by atoms with Gasteiger partial charge in [-0.3, -0.25) is 4.79 Å². The molecular formula is C24H37N3O3. The molecule has 6 heteroatoms. The summed E-state index contributed by atoms with van der Waals surface area (Å²) >= 11 is 0. The molecule has 0 radical (unpaired) electrons. The molecule has 0 aromatic rings. The number of rotatable bonds is 8. The van der Waals surface area contributed by atoms with Crippen LogP contribution in [0.4, 0.5) is 4.79 Å². The van der Waals surface area contributed by atoms with Crippen molar-refractivity contribution in [2.24, 2.45) is 0 Å². The van der Waals surface area contributed by atoms with Gasteiger partial charge in [0.15, 0.2) is 0 Å². The van der Waals surface area contributed by atoms with E-state index in [9.17, 15) is 9.59 Å². The molecule has 2 rings (SSSR count). The number of carbonyl (C=O) groups excluding carboxylic acids is 2. The van der Waals surface area contributed by atoms with Gasteiger partial charge in [0.25, 0.3) is 5.91 Å². The molecule has 0 spiro atoms. The second-order valence-corrected chi connectivity index (χ2v) is 8.84. The van der Waals surface area contributed by atoms with Crippen LogP contribution in [0.5, 0.6) is 0 Å². The summed E-state index contributed by atoms with van der Waals surface area (Å²) in [6.07, 6.45) is 16.7. The van der Waals surface area contributed by atoms with Gasteiger partial charge in [0.05, 0.1) is 0 Å². The molecule has 1 atom stereocenters. The van der Waals surface area contributed by atoms with E-state index in [1.165, 1.54) is 19.3 Å². The van der Waals surface area contributed by atoms with Crippen LogP contribution in [0, 0.1) is 0 Å². The maximum Gasteiger partial charge on any atom is 0.410 e. The quantitative estimate of drug-likeness (QED) is 0.583. The van der Waals surface area contributed by atoms with E-state index in [2.05, 4.69) is 17.6 Å². The number of carbonyl (C=O) groups is 2. The fourth-order valence-corrected chi connectivity index (χ4v) is 3.31. The van der Waals surface area contributed by atoms with Gasteiger partial charge in [0, 0.05) is 36.9 Å². The van der Waals surface area contributed by atoms with Crippen LogP contribution < -0.4 is 10.6 Å². The van der Waals surface area contributed by atoms with Crippen molar-refractivity contribution >= 4 is 12.0 Å². The summed E-state index contributed by atoms with van der Waals surface area (Å²) in [5.41, 5.74) is 1.12. The van der Waals surface area contributed by atoms with Crippen molar-refractivity contribution in [3.63, 3.8) is 0 Å². The molecule has 6 nitrogen and oxygen atoms in total. The fraction of sp³-hybridized carbons (Fsp3) is 0.583. The summed E-state index contributed by atoms with van der Waals surface area (Å²) in [4.78, 5) is 26.5. The third-order valence-corrected chi connectivity index (χ3v) is 4.90. The number of nitrogens with one attached hydrogen (secondary N) is 2. The molecule has 2 aliphatic rings. The van der Waals surface area contributed by atoms with Gasteiger partial charge in [0.1, 0.15) is 5.60 Å². The monoisotopic (exact) mass is 415 g/mol. The van der Waals surface area contributed by atoms with E-state index in [0.717, 1.165) is 25.1 Å². The Kier molecular flexibility index (Phi) is 9.21. The molecule has 0 aromatic heterocycles. The van der Waals surface area contributed by atoms with Crippen molar-refractivity contribution in [3.8, 4) is 0 Å². The minimum Gasteiger partial charge on any atom is -0.444 e. The van der Waals surface area contributed by atoms with Crippen molar-refractivity contribution in [2.45, 2.75) is 71.4 Å². The number of unbranched alkanes of at least 4 members (excludes halogenated alkanes) is 3. The molecule has 0 saturated carbocycles. The highest BCUT2D eigenvalue weighted by atomic mass is 16.6. The number of allylic oxidation sites excluding steroid dienone is 5. The van der Waals surface area contributed by atoms with E-state index in [1.54, 1.807) is 4.90 Å². The van der Waals surface area contributed by atoms with Gasteiger partial charge in [-0.25, -0.2) is 4.79 Å². The summed E-state index contributed by atoms with van der Waals surface area (Å²) in [6.45, 7) is 9.78. The minimum atomic E-state index is -0.518. The molecule has 2 amide bonds. The lowest BCUT2D eigenvalue weighted by Crippen LogP contribution is -2.40. The van der Waals surface area contributed by atoms with Crippen molar-refractivity contribution in [2.75, 3.05) is 19.6 Å². The average Bonchev–Trinajstić information content (AvgIpc) is 3.10. The largest absolute Gasteiger partial charge is 0.444 e. The third kappa shape index (κ3) is 8.47. The predicted octanol–water partition coefficient (Wildman–Crippen LogP) is 4.22. The van der Waals surface area contributed by atoms with Crippen LogP contribution in [0.2, 0.25) is 0 Å². The zero-order chi connectivity index (χ0) is 22.0. The van der Waals surface area contributed by atoms with E-state index in [-0.39, 0.29) is 18.0 Å². The Hall–Kier alpha value is -2.50. The van der Waals surface area contributed by atoms with Crippen molar-refractivity contribution in [1.82, 2.24) is 15.5 Å². The summed E-state index contributed by atoms with van der Waals surface area (Å²) in [5.74, 6) is -0.128. The summed E-state index contributed by atoms with van der Waals surface area (Å²) < 4.78 is 5.41. The molecule has 1 aliphatic heterocycles. The van der Waals surface area contributed by atoms with Crippen molar-refractivity contribution in [1.29, 1.82) is 0 Å². The van der Waals surface area contributed by atoms with E-state index >= 15 is 0 Å². The Labute approximate surface area is 181 Å².